The smallest absolute Gasteiger partial charge is 0.246 e. The molecule has 1 aromatic heterocycles. The van der Waals surface area contributed by atoms with E-state index in [1.807, 2.05) is 68.5 Å². The van der Waals surface area contributed by atoms with E-state index in [1.54, 1.807) is 7.11 Å². The molecule has 0 bridgehead atoms. The minimum absolute atomic E-state index is 0.475. The van der Waals surface area contributed by atoms with Crippen LogP contribution in [0.2, 0.25) is 0 Å². The molecule has 3 aromatic rings. The molecule has 3 rings (SSSR count). The fourth-order valence-electron chi connectivity index (χ4n) is 2.46. The van der Waals surface area contributed by atoms with Gasteiger partial charge < -0.3 is 9.47 Å². The Kier molecular flexibility index (Phi) is 4.24. The van der Waals surface area contributed by atoms with Gasteiger partial charge in [0, 0.05) is 10.8 Å². The first kappa shape index (κ1) is 15.0. The predicted molar refractivity (Wildman–Crippen MR) is 92.1 cm³/mol. The van der Waals surface area contributed by atoms with Gasteiger partial charge >= 0.3 is 0 Å². The maximum absolute atomic E-state index is 5.98. The maximum atomic E-state index is 5.98. The Bertz CT molecular complexity index is 872. The third-order valence-electron chi connectivity index (χ3n) is 3.59. The van der Waals surface area contributed by atoms with Crippen LogP contribution in [0.15, 0.2) is 48.5 Å². The molecule has 0 atom stereocenters. The number of methoxy groups -OCH3 is 1. The topological polar surface area (TPSA) is 44.2 Å². The van der Waals surface area contributed by atoms with Crippen molar-refractivity contribution in [3.05, 3.63) is 59.8 Å². The third-order valence-corrected chi connectivity index (χ3v) is 3.59. The van der Waals surface area contributed by atoms with E-state index in [0.29, 0.717) is 17.4 Å². The standard InChI is InChI=1S/C19H18N2O2/c1-4-7-14-10-11-17(18(12-14)22-3)23-19-16-9-6-5-8-15(16)13(2)20-21-19/h4-12H,1-3H3. The molecule has 0 fully saturated rings. The second kappa shape index (κ2) is 6.48. The molecular weight excluding hydrogens is 288 g/mol. The Hall–Kier alpha value is -2.88. The molecule has 0 saturated heterocycles. The van der Waals surface area contributed by atoms with Crippen molar-refractivity contribution in [1.82, 2.24) is 10.2 Å². The molecule has 23 heavy (non-hydrogen) atoms. The predicted octanol–water partition coefficient (Wildman–Crippen LogP) is 4.77. The van der Waals surface area contributed by atoms with Crippen LogP contribution in [0.1, 0.15) is 18.2 Å². The summed E-state index contributed by atoms with van der Waals surface area (Å²) in [6.45, 7) is 3.91. The van der Waals surface area contributed by atoms with Gasteiger partial charge in [-0.1, -0.05) is 36.4 Å². The lowest BCUT2D eigenvalue weighted by Crippen LogP contribution is -1.97. The van der Waals surface area contributed by atoms with Crippen molar-refractivity contribution in [3.63, 3.8) is 0 Å². The molecule has 0 spiro atoms. The van der Waals surface area contributed by atoms with Crippen molar-refractivity contribution in [2.45, 2.75) is 13.8 Å². The Labute approximate surface area is 135 Å². The number of hydrogen-bond donors (Lipinski definition) is 0. The minimum atomic E-state index is 0.475. The largest absolute Gasteiger partial charge is 0.493 e. The van der Waals surface area contributed by atoms with Crippen LogP contribution in [0.5, 0.6) is 17.4 Å². The van der Waals surface area contributed by atoms with Crippen LogP contribution >= 0.6 is 0 Å². The minimum Gasteiger partial charge on any atom is -0.493 e. The molecule has 4 nitrogen and oxygen atoms in total. The molecular formula is C19H18N2O2. The summed E-state index contributed by atoms with van der Waals surface area (Å²) in [6, 6.07) is 13.7. The van der Waals surface area contributed by atoms with Crippen LogP contribution in [0.4, 0.5) is 0 Å². The van der Waals surface area contributed by atoms with Crippen molar-refractivity contribution in [1.29, 1.82) is 0 Å². The van der Waals surface area contributed by atoms with E-state index in [-0.39, 0.29) is 0 Å². The summed E-state index contributed by atoms with van der Waals surface area (Å²) in [6.07, 6.45) is 3.99. The number of ether oxygens (including phenoxy) is 2. The van der Waals surface area contributed by atoms with Gasteiger partial charge in [0.05, 0.1) is 12.8 Å². The highest BCUT2D eigenvalue weighted by Gasteiger charge is 2.11. The Morgan fingerprint density at radius 3 is 2.48 bits per heavy atom. The normalized spacial score (nSPS) is 11.1. The van der Waals surface area contributed by atoms with Crippen LogP contribution < -0.4 is 9.47 Å². The van der Waals surface area contributed by atoms with Gasteiger partial charge in [0.2, 0.25) is 5.88 Å². The molecule has 0 N–H and O–H groups in total. The summed E-state index contributed by atoms with van der Waals surface area (Å²) in [7, 11) is 1.63. The fraction of sp³-hybridized carbons (Fsp3) is 0.158. The Morgan fingerprint density at radius 1 is 0.957 bits per heavy atom. The van der Waals surface area contributed by atoms with Crippen molar-refractivity contribution in [2.24, 2.45) is 0 Å². The molecule has 0 aliphatic carbocycles. The number of fused-ring (bicyclic) bond motifs is 1. The zero-order valence-electron chi connectivity index (χ0n) is 13.4. The molecule has 116 valence electrons. The summed E-state index contributed by atoms with van der Waals surface area (Å²) in [5.41, 5.74) is 1.93. The lowest BCUT2D eigenvalue weighted by Gasteiger charge is -2.12. The highest BCUT2D eigenvalue weighted by molar-refractivity contribution is 5.88. The second-order valence-electron chi connectivity index (χ2n) is 5.15. The number of nitrogens with zero attached hydrogens (tertiary/aromatic N) is 2. The molecule has 4 heteroatoms. The van der Waals surface area contributed by atoms with Crippen LogP contribution in [0, 0.1) is 6.92 Å². The van der Waals surface area contributed by atoms with Crippen molar-refractivity contribution >= 4 is 16.8 Å². The summed E-state index contributed by atoms with van der Waals surface area (Å²) in [5, 5.41) is 10.3. The van der Waals surface area contributed by atoms with Gasteiger partial charge in [-0.05, 0) is 37.6 Å². The molecule has 2 aromatic carbocycles. The molecule has 0 aliphatic rings. The van der Waals surface area contributed by atoms with E-state index in [2.05, 4.69) is 10.2 Å². The number of aromatic nitrogens is 2. The zero-order valence-corrected chi connectivity index (χ0v) is 13.4. The second-order valence-corrected chi connectivity index (χ2v) is 5.15. The molecule has 0 saturated carbocycles. The number of rotatable bonds is 4. The first-order valence-electron chi connectivity index (χ1n) is 7.43. The summed E-state index contributed by atoms with van der Waals surface area (Å²) >= 11 is 0. The van der Waals surface area contributed by atoms with E-state index < -0.39 is 0 Å². The molecule has 0 unspecified atom stereocenters. The first-order valence-corrected chi connectivity index (χ1v) is 7.43. The van der Waals surface area contributed by atoms with E-state index in [0.717, 1.165) is 22.0 Å². The number of aryl methyl sites for hydroxylation is 1. The quantitative estimate of drug-likeness (QED) is 0.696. The summed E-state index contributed by atoms with van der Waals surface area (Å²) in [5.74, 6) is 1.75. The number of benzene rings is 2. The molecule has 0 amide bonds. The van der Waals surface area contributed by atoms with Crippen molar-refractivity contribution in [3.8, 4) is 17.4 Å². The van der Waals surface area contributed by atoms with Gasteiger partial charge in [-0.2, -0.15) is 5.10 Å². The van der Waals surface area contributed by atoms with E-state index in [9.17, 15) is 0 Å². The average molecular weight is 306 g/mol. The third kappa shape index (κ3) is 3.01. The van der Waals surface area contributed by atoms with Crippen molar-refractivity contribution in [2.75, 3.05) is 7.11 Å². The van der Waals surface area contributed by atoms with Gasteiger partial charge in [0.15, 0.2) is 11.5 Å². The van der Waals surface area contributed by atoms with Gasteiger partial charge in [0.25, 0.3) is 0 Å². The Balaban J connectivity index is 2.04. The molecule has 1 heterocycles. The van der Waals surface area contributed by atoms with Gasteiger partial charge in [-0.25, -0.2) is 0 Å². The zero-order chi connectivity index (χ0) is 16.2. The van der Waals surface area contributed by atoms with E-state index in [1.165, 1.54) is 0 Å². The highest BCUT2D eigenvalue weighted by atomic mass is 16.5. The summed E-state index contributed by atoms with van der Waals surface area (Å²) < 4.78 is 11.4. The molecule has 0 aliphatic heterocycles. The van der Waals surface area contributed by atoms with Crippen LogP contribution in [-0.2, 0) is 0 Å². The number of allylic oxidation sites excluding steroid dienone is 1. The van der Waals surface area contributed by atoms with Crippen LogP contribution in [-0.4, -0.2) is 17.3 Å². The van der Waals surface area contributed by atoms with Crippen molar-refractivity contribution < 1.29 is 9.47 Å². The van der Waals surface area contributed by atoms with Crippen LogP contribution in [0.25, 0.3) is 16.8 Å². The first-order chi connectivity index (χ1) is 11.2. The fourth-order valence-corrected chi connectivity index (χ4v) is 2.46. The lowest BCUT2D eigenvalue weighted by atomic mass is 10.1. The monoisotopic (exact) mass is 306 g/mol. The maximum Gasteiger partial charge on any atom is 0.246 e. The Morgan fingerprint density at radius 2 is 1.74 bits per heavy atom. The van der Waals surface area contributed by atoms with E-state index >= 15 is 0 Å². The van der Waals surface area contributed by atoms with Gasteiger partial charge in [0.1, 0.15) is 0 Å². The van der Waals surface area contributed by atoms with Gasteiger partial charge in [-0.15, -0.1) is 5.10 Å². The van der Waals surface area contributed by atoms with Crippen LogP contribution in [0.3, 0.4) is 0 Å². The highest BCUT2D eigenvalue weighted by Crippen LogP contribution is 2.34. The lowest BCUT2D eigenvalue weighted by molar-refractivity contribution is 0.374. The van der Waals surface area contributed by atoms with Gasteiger partial charge in [-0.3, -0.25) is 0 Å². The van der Waals surface area contributed by atoms with E-state index in [4.69, 9.17) is 9.47 Å². The molecule has 0 radical (unpaired) electrons. The SMILES string of the molecule is CC=Cc1ccc(Oc2nnc(C)c3ccccc23)c(OC)c1. The average Bonchev–Trinajstić information content (AvgIpc) is 2.59. The number of hydrogen-bond acceptors (Lipinski definition) is 4. The summed E-state index contributed by atoms with van der Waals surface area (Å²) in [4.78, 5) is 0.